The van der Waals surface area contributed by atoms with Gasteiger partial charge in [-0.15, -0.1) is 0 Å². The zero-order valence-corrected chi connectivity index (χ0v) is 14.2. The van der Waals surface area contributed by atoms with E-state index in [1.807, 2.05) is 42.2 Å². The molecule has 2 aromatic rings. The summed E-state index contributed by atoms with van der Waals surface area (Å²) in [7, 11) is 0. The maximum absolute atomic E-state index is 12.7. The third kappa shape index (κ3) is 3.46. The first-order valence-corrected chi connectivity index (χ1v) is 8.51. The Morgan fingerprint density at radius 3 is 2.68 bits per heavy atom. The van der Waals surface area contributed by atoms with Crippen LogP contribution in [-0.2, 0) is 11.3 Å². The van der Waals surface area contributed by atoms with Gasteiger partial charge < -0.3 is 18.9 Å². The highest BCUT2D eigenvalue weighted by atomic mass is 16.6. The lowest BCUT2D eigenvalue weighted by molar-refractivity contribution is -0.143. The molecule has 0 aliphatic carbocycles. The fourth-order valence-corrected chi connectivity index (χ4v) is 3.19. The molecule has 4 rings (SSSR count). The van der Waals surface area contributed by atoms with Crippen LogP contribution in [0, 0.1) is 6.92 Å². The van der Waals surface area contributed by atoms with Crippen LogP contribution in [0.5, 0.6) is 11.5 Å². The van der Waals surface area contributed by atoms with Gasteiger partial charge in [0.2, 0.25) is 6.10 Å². The van der Waals surface area contributed by atoms with Gasteiger partial charge in [-0.2, -0.15) is 0 Å². The second kappa shape index (κ2) is 6.76. The van der Waals surface area contributed by atoms with Crippen molar-refractivity contribution < 1.29 is 18.8 Å². The van der Waals surface area contributed by atoms with Crippen LogP contribution in [0.15, 0.2) is 34.9 Å². The Hall–Kier alpha value is -2.54. The monoisotopic (exact) mass is 343 g/mol. The van der Waals surface area contributed by atoms with Crippen molar-refractivity contribution in [3.63, 3.8) is 0 Å². The molecule has 132 valence electrons. The van der Waals surface area contributed by atoms with E-state index in [1.165, 1.54) is 0 Å². The topological polar surface area (TPSA) is 68.0 Å². The quantitative estimate of drug-likeness (QED) is 0.841. The molecule has 1 fully saturated rings. The van der Waals surface area contributed by atoms with Crippen LogP contribution in [-0.4, -0.2) is 59.8 Å². The Morgan fingerprint density at radius 1 is 1.20 bits per heavy atom. The van der Waals surface area contributed by atoms with Gasteiger partial charge >= 0.3 is 0 Å². The summed E-state index contributed by atoms with van der Waals surface area (Å²) in [6.07, 6.45) is -0.570. The van der Waals surface area contributed by atoms with Gasteiger partial charge in [0.05, 0.1) is 5.69 Å². The minimum Gasteiger partial charge on any atom is -0.485 e. The molecule has 2 aliphatic heterocycles. The summed E-state index contributed by atoms with van der Waals surface area (Å²) >= 11 is 0. The van der Waals surface area contributed by atoms with Crippen LogP contribution in [0.3, 0.4) is 0 Å². The smallest absolute Gasteiger partial charge is 0.267 e. The van der Waals surface area contributed by atoms with Gasteiger partial charge in [-0.25, -0.2) is 0 Å². The maximum atomic E-state index is 12.7. The molecule has 3 heterocycles. The lowest BCUT2D eigenvalue weighted by Crippen LogP contribution is -2.53. The number of hydrogen-bond donors (Lipinski definition) is 0. The van der Waals surface area contributed by atoms with Gasteiger partial charge in [0.15, 0.2) is 11.5 Å². The number of fused-ring (bicyclic) bond motifs is 1. The Labute approximate surface area is 146 Å². The van der Waals surface area contributed by atoms with Gasteiger partial charge in [-0.05, 0) is 19.1 Å². The normalized spacial score (nSPS) is 20.5. The van der Waals surface area contributed by atoms with Crippen molar-refractivity contribution in [2.75, 3.05) is 32.8 Å². The Morgan fingerprint density at radius 2 is 1.96 bits per heavy atom. The molecule has 1 atom stereocenters. The Balaban J connectivity index is 1.31. The molecule has 2 aliphatic rings. The molecule has 1 saturated heterocycles. The summed E-state index contributed by atoms with van der Waals surface area (Å²) in [6, 6.07) is 9.38. The molecule has 25 heavy (non-hydrogen) atoms. The third-order valence-corrected chi connectivity index (χ3v) is 4.53. The number of hydrogen-bond acceptors (Lipinski definition) is 6. The second-order valence-electron chi connectivity index (χ2n) is 6.39. The number of nitrogens with zero attached hydrogens (tertiary/aromatic N) is 3. The van der Waals surface area contributed by atoms with E-state index in [-0.39, 0.29) is 12.5 Å². The van der Waals surface area contributed by atoms with Crippen LogP contribution in [0.2, 0.25) is 0 Å². The minimum absolute atomic E-state index is 0.00793. The van der Waals surface area contributed by atoms with Gasteiger partial charge in [0.1, 0.15) is 12.4 Å². The zero-order chi connectivity index (χ0) is 17.2. The van der Waals surface area contributed by atoms with Crippen molar-refractivity contribution in [3.8, 4) is 11.5 Å². The van der Waals surface area contributed by atoms with E-state index in [0.717, 1.165) is 31.1 Å². The molecule has 1 aromatic carbocycles. The zero-order valence-electron chi connectivity index (χ0n) is 14.2. The first-order valence-electron chi connectivity index (χ1n) is 8.51. The predicted octanol–water partition coefficient (Wildman–Crippen LogP) is 1.47. The summed E-state index contributed by atoms with van der Waals surface area (Å²) in [6.45, 7) is 5.86. The lowest BCUT2D eigenvalue weighted by atomic mass is 10.2. The fraction of sp³-hybridized carbons (Fsp3) is 0.444. The van der Waals surface area contributed by atoms with E-state index in [1.54, 1.807) is 0 Å². The van der Waals surface area contributed by atoms with E-state index < -0.39 is 6.10 Å². The maximum Gasteiger partial charge on any atom is 0.267 e. The summed E-state index contributed by atoms with van der Waals surface area (Å²) in [5.41, 5.74) is 0.929. The molecule has 1 aromatic heterocycles. The molecule has 0 N–H and O–H groups in total. The number of aryl methyl sites for hydroxylation is 1. The van der Waals surface area contributed by atoms with Crippen LogP contribution in [0.4, 0.5) is 0 Å². The molecule has 0 bridgehead atoms. The van der Waals surface area contributed by atoms with E-state index >= 15 is 0 Å². The number of carbonyl (C=O) groups excluding carboxylic acids is 1. The Kier molecular flexibility index (Phi) is 4.31. The largest absolute Gasteiger partial charge is 0.485 e. The van der Waals surface area contributed by atoms with E-state index in [2.05, 4.69) is 10.1 Å². The molecular formula is C18H21N3O4. The van der Waals surface area contributed by atoms with E-state index in [4.69, 9.17) is 14.0 Å². The van der Waals surface area contributed by atoms with Crippen molar-refractivity contribution in [1.29, 1.82) is 0 Å². The van der Waals surface area contributed by atoms with Crippen LogP contribution >= 0.6 is 0 Å². The molecule has 1 unspecified atom stereocenters. The van der Waals surface area contributed by atoms with Gasteiger partial charge in [-0.3, -0.25) is 9.69 Å². The first-order chi connectivity index (χ1) is 12.2. The first kappa shape index (κ1) is 16.0. The van der Waals surface area contributed by atoms with Crippen LogP contribution < -0.4 is 9.47 Å². The summed E-state index contributed by atoms with van der Waals surface area (Å²) in [5.74, 6) is 2.14. The van der Waals surface area contributed by atoms with Gasteiger partial charge in [0.25, 0.3) is 5.91 Å². The van der Waals surface area contributed by atoms with E-state index in [0.29, 0.717) is 24.6 Å². The average Bonchev–Trinajstić information content (AvgIpc) is 3.06. The molecular weight excluding hydrogens is 322 g/mol. The average molecular weight is 343 g/mol. The molecule has 7 heteroatoms. The van der Waals surface area contributed by atoms with E-state index in [9.17, 15) is 4.79 Å². The number of ether oxygens (including phenoxy) is 2. The van der Waals surface area contributed by atoms with Crippen molar-refractivity contribution >= 4 is 5.91 Å². The van der Waals surface area contributed by atoms with Crippen molar-refractivity contribution in [1.82, 2.24) is 15.0 Å². The summed E-state index contributed by atoms with van der Waals surface area (Å²) in [4.78, 5) is 16.8. The number of para-hydroxylation sites is 2. The molecule has 0 spiro atoms. The SMILES string of the molecule is Cc1cc(CN2CCN(C(=O)C3COc4ccccc4O3)CC2)no1. The van der Waals surface area contributed by atoms with Gasteiger partial charge in [0, 0.05) is 38.8 Å². The molecule has 0 saturated carbocycles. The predicted molar refractivity (Wildman–Crippen MR) is 89.5 cm³/mol. The minimum atomic E-state index is -0.570. The third-order valence-electron chi connectivity index (χ3n) is 4.53. The number of rotatable bonds is 3. The number of carbonyl (C=O) groups is 1. The summed E-state index contributed by atoms with van der Waals surface area (Å²) in [5, 5.41) is 4.03. The highest BCUT2D eigenvalue weighted by molar-refractivity contribution is 5.82. The number of piperazine rings is 1. The highest BCUT2D eigenvalue weighted by Gasteiger charge is 2.32. The molecule has 0 radical (unpaired) electrons. The lowest BCUT2D eigenvalue weighted by Gasteiger charge is -2.36. The van der Waals surface area contributed by atoms with Gasteiger partial charge in [-0.1, -0.05) is 17.3 Å². The fourth-order valence-electron chi connectivity index (χ4n) is 3.19. The van der Waals surface area contributed by atoms with Crippen molar-refractivity contribution in [2.45, 2.75) is 19.6 Å². The Bertz CT molecular complexity index is 752. The molecule has 1 amide bonds. The highest BCUT2D eigenvalue weighted by Crippen LogP contribution is 2.31. The number of amides is 1. The summed E-state index contributed by atoms with van der Waals surface area (Å²) < 4.78 is 16.6. The van der Waals surface area contributed by atoms with Crippen molar-refractivity contribution in [3.05, 3.63) is 41.8 Å². The number of aromatic nitrogens is 1. The standard InChI is InChI=1S/C18H21N3O4/c1-13-10-14(19-25-13)11-20-6-8-21(9-7-20)18(22)17-12-23-15-4-2-3-5-16(15)24-17/h2-5,10,17H,6-9,11-12H2,1H3. The molecule has 7 nitrogen and oxygen atoms in total. The van der Waals surface area contributed by atoms with Crippen molar-refractivity contribution in [2.24, 2.45) is 0 Å². The second-order valence-corrected chi connectivity index (χ2v) is 6.39. The van der Waals surface area contributed by atoms with Crippen LogP contribution in [0.25, 0.3) is 0 Å². The number of benzene rings is 1. The van der Waals surface area contributed by atoms with Crippen LogP contribution in [0.1, 0.15) is 11.5 Å².